The van der Waals surface area contributed by atoms with Crippen LogP contribution in [0.25, 0.3) is 10.1 Å². The number of anilines is 9. The standard InChI is InChI=1S/C64H66BN3S/c1-60(2,3)41-26-28-44(29-27-41)68-55-38-46(66(42-20-14-12-15-21-42)43-22-16-13-17-23-43)37-54-58(55)65(57-47-24-18-19-25-56(47)69-59(57)68)52-39-50-51(64(10,11)35-34-63(50,8)9)40-53(52)67(54)45-30-31-48-49(36-45)62(6,7)33-32-61(48,4)5/h12-31,36-40H,32-35H2,1-11H3. The minimum Gasteiger partial charge on any atom is -0.311 e. The lowest BCUT2D eigenvalue weighted by atomic mass is 9.33. The third-order valence-corrected chi connectivity index (χ3v) is 18.1. The number of hydrogen-bond donors (Lipinski definition) is 0. The van der Waals surface area contributed by atoms with Crippen LogP contribution in [-0.2, 0) is 27.1 Å². The van der Waals surface area contributed by atoms with Gasteiger partial charge in [-0.25, -0.2) is 0 Å². The Bertz CT molecular complexity index is 3290. The molecule has 0 spiro atoms. The maximum atomic E-state index is 2.71. The van der Waals surface area contributed by atoms with Crippen LogP contribution in [0, 0.1) is 0 Å². The van der Waals surface area contributed by atoms with E-state index in [0.717, 1.165) is 29.9 Å². The summed E-state index contributed by atoms with van der Waals surface area (Å²) >= 11 is 1.95. The summed E-state index contributed by atoms with van der Waals surface area (Å²) in [6.07, 6.45) is 4.68. The number of fused-ring (bicyclic) bond motifs is 8. The Morgan fingerprint density at radius 2 is 0.971 bits per heavy atom. The van der Waals surface area contributed by atoms with Crippen LogP contribution in [0.3, 0.4) is 0 Å². The average Bonchev–Trinajstić information content (AvgIpc) is 3.71. The number of para-hydroxylation sites is 2. The predicted molar refractivity (Wildman–Crippen MR) is 300 cm³/mol. The van der Waals surface area contributed by atoms with Gasteiger partial charge in [0.15, 0.2) is 0 Å². The highest BCUT2D eigenvalue weighted by Gasteiger charge is 2.49. The van der Waals surface area contributed by atoms with Crippen molar-refractivity contribution in [2.45, 2.75) is 129 Å². The first-order valence-electron chi connectivity index (χ1n) is 25.5. The molecule has 0 amide bonds. The third-order valence-electron chi connectivity index (χ3n) is 16.9. The first-order chi connectivity index (χ1) is 32.8. The Balaban J connectivity index is 1.24. The van der Waals surface area contributed by atoms with Gasteiger partial charge in [0.05, 0.1) is 10.7 Å². The maximum Gasteiger partial charge on any atom is 0.254 e. The quantitative estimate of drug-likeness (QED) is 0.159. The molecule has 0 N–H and O–H groups in total. The summed E-state index contributed by atoms with van der Waals surface area (Å²) in [5, 5.41) is 2.66. The molecule has 1 aromatic heterocycles. The summed E-state index contributed by atoms with van der Waals surface area (Å²) in [5.74, 6) is 0. The van der Waals surface area contributed by atoms with E-state index in [9.17, 15) is 0 Å². The molecular formula is C64H66BN3S. The molecule has 0 saturated carbocycles. The van der Waals surface area contributed by atoms with Gasteiger partial charge in [0.2, 0.25) is 0 Å². The zero-order valence-electron chi connectivity index (χ0n) is 42.6. The van der Waals surface area contributed by atoms with Crippen LogP contribution >= 0.6 is 11.3 Å². The molecule has 69 heavy (non-hydrogen) atoms. The summed E-state index contributed by atoms with van der Waals surface area (Å²) in [4.78, 5) is 7.81. The maximum absolute atomic E-state index is 2.71. The van der Waals surface area contributed by atoms with E-state index in [4.69, 9.17) is 0 Å². The van der Waals surface area contributed by atoms with Crippen LogP contribution < -0.4 is 31.1 Å². The fourth-order valence-corrected chi connectivity index (χ4v) is 13.9. The smallest absolute Gasteiger partial charge is 0.254 e. The first kappa shape index (κ1) is 44.2. The molecule has 12 rings (SSSR count). The second kappa shape index (κ2) is 15.2. The fraction of sp³-hybridized carbons (Fsp3) is 0.312. The number of rotatable bonds is 5. The van der Waals surface area contributed by atoms with Gasteiger partial charge >= 0.3 is 0 Å². The zero-order valence-corrected chi connectivity index (χ0v) is 43.4. The van der Waals surface area contributed by atoms with Crippen LogP contribution in [0.1, 0.15) is 130 Å². The zero-order chi connectivity index (χ0) is 48.0. The van der Waals surface area contributed by atoms with Crippen molar-refractivity contribution in [2.75, 3.05) is 14.7 Å². The molecule has 0 unspecified atom stereocenters. The Kier molecular flexibility index (Phi) is 9.76. The summed E-state index contributed by atoms with van der Waals surface area (Å²) < 4.78 is 1.33. The van der Waals surface area contributed by atoms with Crippen LogP contribution in [0.2, 0.25) is 0 Å². The highest BCUT2D eigenvalue weighted by Crippen LogP contribution is 2.55. The molecule has 3 heterocycles. The highest BCUT2D eigenvalue weighted by molar-refractivity contribution is 7.26. The molecule has 8 aromatic rings. The van der Waals surface area contributed by atoms with E-state index in [1.165, 1.54) is 101 Å². The molecule has 0 saturated heterocycles. The Labute approximate surface area is 415 Å². The molecule has 5 heteroatoms. The Hall–Kier alpha value is -6.04. The number of hydrogen-bond acceptors (Lipinski definition) is 4. The first-order valence-corrected chi connectivity index (χ1v) is 26.3. The van der Waals surface area contributed by atoms with Crippen LogP contribution in [0.15, 0.2) is 152 Å². The van der Waals surface area contributed by atoms with E-state index >= 15 is 0 Å². The second-order valence-corrected chi connectivity index (χ2v) is 25.4. The van der Waals surface area contributed by atoms with Gasteiger partial charge < -0.3 is 14.7 Å². The van der Waals surface area contributed by atoms with Crippen molar-refractivity contribution in [1.29, 1.82) is 0 Å². The van der Waals surface area contributed by atoms with Crippen molar-refractivity contribution in [3.63, 3.8) is 0 Å². The lowest BCUT2D eigenvalue weighted by Gasteiger charge is -2.48. The summed E-state index contributed by atoms with van der Waals surface area (Å²) in [6.45, 7) is 26.7. The monoisotopic (exact) mass is 920 g/mol. The summed E-state index contributed by atoms with van der Waals surface area (Å²) in [5.41, 5.74) is 21.3. The van der Waals surface area contributed by atoms with Gasteiger partial charge in [0.1, 0.15) is 0 Å². The van der Waals surface area contributed by atoms with E-state index < -0.39 is 0 Å². The Morgan fingerprint density at radius 1 is 0.464 bits per heavy atom. The number of thiophene rings is 1. The Morgan fingerprint density at radius 3 is 1.57 bits per heavy atom. The lowest BCUT2D eigenvalue weighted by Crippen LogP contribution is -2.61. The molecule has 0 bridgehead atoms. The van der Waals surface area contributed by atoms with Gasteiger partial charge in [-0.3, -0.25) is 0 Å². The minimum atomic E-state index is 0.00703. The molecule has 0 radical (unpaired) electrons. The molecular weight excluding hydrogens is 854 g/mol. The normalized spacial score (nSPS) is 17.9. The lowest BCUT2D eigenvalue weighted by molar-refractivity contribution is 0.332. The SMILES string of the molecule is CC(C)(C)c1ccc(N2c3cc(N(c4ccccc4)c4ccccc4)cc4c3B(c3cc5c(cc3N4c3ccc4c(c3)C(C)(C)CCC4(C)C)C(C)(C)CCC5(C)C)c3c2sc2ccccc32)cc1. The molecule has 7 aromatic carbocycles. The van der Waals surface area contributed by atoms with Gasteiger partial charge in [0.25, 0.3) is 6.71 Å². The van der Waals surface area contributed by atoms with Crippen LogP contribution in [0.5, 0.6) is 0 Å². The third kappa shape index (κ3) is 6.88. The predicted octanol–water partition coefficient (Wildman–Crippen LogP) is 16.4. The molecule has 3 nitrogen and oxygen atoms in total. The van der Waals surface area contributed by atoms with Gasteiger partial charge in [-0.05, 0) is 175 Å². The molecule has 2 aliphatic carbocycles. The van der Waals surface area contributed by atoms with Gasteiger partial charge in [-0.1, -0.05) is 155 Å². The van der Waals surface area contributed by atoms with Gasteiger partial charge in [-0.15, -0.1) is 11.3 Å². The molecule has 0 fully saturated rings. The number of benzene rings is 7. The summed E-state index contributed by atoms with van der Waals surface area (Å²) in [6, 6.07) is 58.6. The van der Waals surface area contributed by atoms with E-state index in [2.05, 4.69) is 243 Å². The van der Waals surface area contributed by atoms with E-state index in [-0.39, 0.29) is 33.8 Å². The van der Waals surface area contributed by atoms with Crippen LogP contribution in [-0.4, -0.2) is 6.71 Å². The van der Waals surface area contributed by atoms with Crippen molar-refractivity contribution < 1.29 is 0 Å². The largest absolute Gasteiger partial charge is 0.311 e. The van der Waals surface area contributed by atoms with E-state index in [1.807, 2.05) is 11.3 Å². The van der Waals surface area contributed by atoms with Crippen LogP contribution in [0.4, 0.5) is 50.5 Å². The molecule has 346 valence electrons. The van der Waals surface area contributed by atoms with Crippen molar-refractivity contribution in [2.24, 2.45) is 0 Å². The van der Waals surface area contributed by atoms with Crippen molar-refractivity contribution in [1.82, 2.24) is 0 Å². The van der Waals surface area contributed by atoms with Gasteiger partial charge in [-0.2, -0.15) is 0 Å². The molecule has 0 atom stereocenters. The fourth-order valence-electron chi connectivity index (χ4n) is 12.6. The summed E-state index contributed by atoms with van der Waals surface area (Å²) in [7, 11) is 0. The topological polar surface area (TPSA) is 9.72 Å². The highest BCUT2D eigenvalue weighted by atomic mass is 32.1. The van der Waals surface area contributed by atoms with Crippen molar-refractivity contribution >= 4 is 95.0 Å². The van der Waals surface area contributed by atoms with Gasteiger partial charge in [0, 0.05) is 44.5 Å². The minimum absolute atomic E-state index is 0.00703. The van der Waals surface area contributed by atoms with E-state index in [0.29, 0.717) is 0 Å². The van der Waals surface area contributed by atoms with Crippen molar-refractivity contribution in [3.05, 3.63) is 179 Å². The average molecular weight is 920 g/mol. The molecule has 4 aliphatic rings. The number of nitrogens with zero attached hydrogens (tertiary/aromatic N) is 3. The molecule has 2 aliphatic heterocycles. The van der Waals surface area contributed by atoms with Crippen molar-refractivity contribution in [3.8, 4) is 0 Å². The van der Waals surface area contributed by atoms with E-state index in [1.54, 1.807) is 0 Å². The second-order valence-electron chi connectivity index (χ2n) is 24.3.